The van der Waals surface area contributed by atoms with Crippen molar-refractivity contribution in [1.82, 2.24) is 9.97 Å². The summed E-state index contributed by atoms with van der Waals surface area (Å²) >= 11 is 11.3. The topological polar surface area (TPSA) is 92.2 Å². The van der Waals surface area contributed by atoms with Gasteiger partial charge in [-0.15, -0.1) is 0 Å². The molecule has 1 aromatic carbocycles. The van der Waals surface area contributed by atoms with Gasteiger partial charge in [0.05, 0.1) is 23.0 Å². The Morgan fingerprint density at radius 2 is 1.90 bits per heavy atom. The Balaban J connectivity index is 2.21. The average Bonchev–Trinajstić information content (AvgIpc) is 2.41. The monoisotopic (exact) mass is 311 g/mol. The van der Waals surface area contributed by atoms with Crippen molar-refractivity contribution in [3.63, 3.8) is 0 Å². The molecule has 1 aromatic heterocycles. The summed E-state index contributed by atoms with van der Waals surface area (Å²) in [4.78, 5) is 30.3. The predicted octanol–water partition coefficient (Wildman–Crippen LogP) is 2.73. The van der Waals surface area contributed by atoms with Crippen molar-refractivity contribution in [2.45, 2.75) is 0 Å². The Hall–Kier alpha value is -2.18. The SMILES string of the molecule is O=C(Nc1ccc(Cl)c(C(=O)O)c1)c1cnc(Cl)cn1. The molecule has 0 radical (unpaired) electrons. The highest BCUT2D eigenvalue weighted by Crippen LogP contribution is 2.21. The third-order valence-electron chi connectivity index (χ3n) is 2.31. The summed E-state index contributed by atoms with van der Waals surface area (Å²) in [6, 6.07) is 4.12. The van der Waals surface area contributed by atoms with E-state index in [9.17, 15) is 9.59 Å². The van der Waals surface area contributed by atoms with E-state index in [1.54, 1.807) is 0 Å². The molecule has 2 rings (SSSR count). The maximum Gasteiger partial charge on any atom is 0.337 e. The second-order valence-corrected chi connectivity index (χ2v) is 4.47. The standard InChI is InChI=1S/C12H7Cl2N3O3/c13-8-2-1-6(3-7(8)12(19)20)17-11(18)9-4-16-10(14)5-15-9/h1-5H,(H,17,18)(H,19,20). The van der Waals surface area contributed by atoms with Crippen LogP contribution >= 0.6 is 23.2 Å². The molecule has 2 N–H and O–H groups in total. The first-order valence-corrected chi connectivity index (χ1v) is 6.04. The number of rotatable bonds is 3. The van der Waals surface area contributed by atoms with Gasteiger partial charge in [0.2, 0.25) is 0 Å². The molecule has 0 unspecified atom stereocenters. The highest BCUT2D eigenvalue weighted by atomic mass is 35.5. The first kappa shape index (κ1) is 14.2. The number of nitrogens with zero attached hydrogens (tertiary/aromatic N) is 2. The van der Waals surface area contributed by atoms with Crippen molar-refractivity contribution in [1.29, 1.82) is 0 Å². The zero-order chi connectivity index (χ0) is 14.7. The summed E-state index contributed by atoms with van der Waals surface area (Å²) in [6.45, 7) is 0. The smallest absolute Gasteiger partial charge is 0.337 e. The fraction of sp³-hybridized carbons (Fsp3) is 0. The van der Waals surface area contributed by atoms with Gasteiger partial charge in [0.15, 0.2) is 0 Å². The molecule has 102 valence electrons. The van der Waals surface area contributed by atoms with Crippen LogP contribution in [0.5, 0.6) is 0 Å². The number of hydrogen-bond acceptors (Lipinski definition) is 4. The number of benzene rings is 1. The van der Waals surface area contributed by atoms with E-state index >= 15 is 0 Å². The van der Waals surface area contributed by atoms with Gasteiger partial charge in [-0.1, -0.05) is 23.2 Å². The second kappa shape index (κ2) is 5.85. The van der Waals surface area contributed by atoms with Crippen LogP contribution in [0.15, 0.2) is 30.6 Å². The molecule has 0 aliphatic carbocycles. The van der Waals surface area contributed by atoms with Gasteiger partial charge in [-0.3, -0.25) is 4.79 Å². The molecule has 0 aliphatic heterocycles. The first-order chi connectivity index (χ1) is 9.47. The first-order valence-electron chi connectivity index (χ1n) is 5.29. The number of aromatic nitrogens is 2. The van der Waals surface area contributed by atoms with Gasteiger partial charge in [-0.05, 0) is 18.2 Å². The minimum absolute atomic E-state index is 0.0567. The quantitative estimate of drug-likeness (QED) is 0.909. The second-order valence-electron chi connectivity index (χ2n) is 3.68. The summed E-state index contributed by atoms with van der Waals surface area (Å²) in [5.74, 6) is -1.72. The zero-order valence-electron chi connectivity index (χ0n) is 9.80. The van der Waals surface area contributed by atoms with Gasteiger partial charge >= 0.3 is 5.97 Å². The van der Waals surface area contributed by atoms with E-state index in [1.165, 1.54) is 30.6 Å². The summed E-state index contributed by atoms with van der Waals surface area (Å²) in [6.07, 6.45) is 2.45. The highest BCUT2D eigenvalue weighted by Gasteiger charge is 2.12. The van der Waals surface area contributed by atoms with Crippen LogP contribution in [-0.4, -0.2) is 27.0 Å². The molecule has 0 bridgehead atoms. The lowest BCUT2D eigenvalue weighted by molar-refractivity contribution is 0.0696. The zero-order valence-corrected chi connectivity index (χ0v) is 11.3. The van der Waals surface area contributed by atoms with Crippen LogP contribution in [-0.2, 0) is 0 Å². The Bertz CT molecular complexity index is 674. The summed E-state index contributed by atoms with van der Waals surface area (Å²) < 4.78 is 0. The lowest BCUT2D eigenvalue weighted by Crippen LogP contribution is -2.14. The van der Waals surface area contributed by atoms with Crippen molar-refractivity contribution in [3.05, 3.63) is 52.0 Å². The summed E-state index contributed by atoms with van der Waals surface area (Å²) in [5, 5.41) is 11.7. The number of carboxylic acids is 1. The van der Waals surface area contributed by atoms with Gasteiger partial charge in [-0.2, -0.15) is 0 Å². The number of carbonyl (C=O) groups is 2. The number of carbonyl (C=O) groups excluding carboxylic acids is 1. The summed E-state index contributed by atoms with van der Waals surface area (Å²) in [7, 11) is 0. The Morgan fingerprint density at radius 1 is 1.15 bits per heavy atom. The Kier molecular flexibility index (Phi) is 4.16. The highest BCUT2D eigenvalue weighted by molar-refractivity contribution is 6.33. The van der Waals surface area contributed by atoms with Gasteiger partial charge < -0.3 is 10.4 Å². The number of anilines is 1. The Morgan fingerprint density at radius 3 is 2.50 bits per heavy atom. The number of amides is 1. The van der Waals surface area contributed by atoms with E-state index in [0.29, 0.717) is 0 Å². The van der Waals surface area contributed by atoms with Crippen molar-refractivity contribution in [2.24, 2.45) is 0 Å². The summed E-state index contributed by atoms with van der Waals surface area (Å²) in [5.41, 5.74) is 0.237. The third kappa shape index (κ3) is 3.23. The average molecular weight is 312 g/mol. The largest absolute Gasteiger partial charge is 0.478 e. The number of hydrogen-bond donors (Lipinski definition) is 2. The molecule has 1 heterocycles. The molecule has 0 saturated carbocycles. The van der Waals surface area contributed by atoms with Gasteiger partial charge in [0.25, 0.3) is 5.91 Å². The van der Waals surface area contributed by atoms with E-state index < -0.39 is 11.9 Å². The molecule has 0 atom stereocenters. The van der Waals surface area contributed by atoms with Crippen LogP contribution in [0.25, 0.3) is 0 Å². The maximum absolute atomic E-state index is 11.9. The molecule has 0 aliphatic rings. The van der Waals surface area contributed by atoms with Crippen molar-refractivity contribution in [2.75, 3.05) is 5.32 Å². The molecule has 6 nitrogen and oxygen atoms in total. The predicted molar refractivity (Wildman–Crippen MR) is 73.4 cm³/mol. The maximum atomic E-state index is 11.9. The van der Waals surface area contributed by atoms with E-state index in [2.05, 4.69) is 15.3 Å². The van der Waals surface area contributed by atoms with E-state index in [4.69, 9.17) is 28.3 Å². The molecule has 0 saturated heterocycles. The van der Waals surface area contributed by atoms with E-state index in [0.717, 1.165) is 0 Å². The molecule has 0 fully saturated rings. The van der Waals surface area contributed by atoms with Crippen LogP contribution in [0, 0.1) is 0 Å². The van der Waals surface area contributed by atoms with Crippen LogP contribution < -0.4 is 5.32 Å². The molecule has 8 heteroatoms. The lowest BCUT2D eigenvalue weighted by atomic mass is 10.2. The van der Waals surface area contributed by atoms with Gasteiger partial charge in [-0.25, -0.2) is 14.8 Å². The van der Waals surface area contributed by atoms with Crippen molar-refractivity contribution in [3.8, 4) is 0 Å². The van der Waals surface area contributed by atoms with E-state index in [1.807, 2.05) is 0 Å². The van der Waals surface area contributed by atoms with Crippen LogP contribution in [0.4, 0.5) is 5.69 Å². The Labute approximate surface area is 123 Å². The fourth-order valence-electron chi connectivity index (χ4n) is 1.39. The van der Waals surface area contributed by atoms with Crippen LogP contribution in [0.2, 0.25) is 10.2 Å². The number of nitrogens with one attached hydrogen (secondary N) is 1. The molecular formula is C12H7Cl2N3O3. The van der Waals surface area contributed by atoms with Crippen molar-refractivity contribution >= 4 is 40.8 Å². The van der Waals surface area contributed by atoms with Crippen LogP contribution in [0.3, 0.4) is 0 Å². The minimum Gasteiger partial charge on any atom is -0.478 e. The molecule has 0 spiro atoms. The normalized spacial score (nSPS) is 10.1. The molecule has 1 amide bonds. The fourth-order valence-corrected chi connectivity index (χ4v) is 1.69. The number of carboxylic acid groups (broad SMARTS) is 1. The van der Waals surface area contributed by atoms with Gasteiger partial charge in [0.1, 0.15) is 10.8 Å². The van der Waals surface area contributed by atoms with E-state index in [-0.39, 0.29) is 27.1 Å². The third-order valence-corrected chi connectivity index (χ3v) is 2.83. The van der Waals surface area contributed by atoms with Crippen LogP contribution in [0.1, 0.15) is 20.8 Å². The number of halogens is 2. The molecule has 20 heavy (non-hydrogen) atoms. The molecular weight excluding hydrogens is 305 g/mol. The van der Waals surface area contributed by atoms with Gasteiger partial charge in [0, 0.05) is 5.69 Å². The minimum atomic E-state index is -1.18. The van der Waals surface area contributed by atoms with Crippen molar-refractivity contribution < 1.29 is 14.7 Å². The lowest BCUT2D eigenvalue weighted by Gasteiger charge is -2.06. The molecule has 2 aromatic rings. The number of aromatic carboxylic acids is 1.